The molecule has 0 saturated carbocycles. The maximum absolute atomic E-state index is 13.4. The molecule has 0 unspecified atom stereocenters. The number of hydrogen-bond acceptors (Lipinski definition) is 6. The Kier molecular flexibility index (Phi) is 4.74. The molecule has 1 aromatic carbocycles. The number of rotatable bonds is 3. The van der Waals surface area contributed by atoms with Gasteiger partial charge in [0.05, 0.1) is 22.7 Å². The number of benzene rings is 1. The van der Waals surface area contributed by atoms with Crippen molar-refractivity contribution in [2.45, 2.75) is 17.7 Å². The molecule has 2 aromatic heterocycles. The summed E-state index contributed by atoms with van der Waals surface area (Å²) in [4.78, 5) is 30.0. The SMILES string of the molecule is COc1ccc2c(c1Br)CCCN2S(=O)(=O)c1cnc2c(c1)c(=O)[nH]c(=O)n2C. The Bertz CT molecular complexity index is 1360. The van der Waals surface area contributed by atoms with E-state index in [1.54, 1.807) is 19.2 Å². The molecule has 1 N–H and O–H groups in total. The van der Waals surface area contributed by atoms with Crippen molar-refractivity contribution in [3.05, 3.63) is 55.3 Å². The first-order valence-electron chi connectivity index (χ1n) is 8.73. The monoisotopic (exact) mass is 480 g/mol. The van der Waals surface area contributed by atoms with E-state index in [1.807, 2.05) is 0 Å². The first kappa shape index (κ1) is 19.6. The number of aryl methyl sites for hydroxylation is 1. The molecular weight excluding hydrogens is 464 g/mol. The molecule has 0 aliphatic carbocycles. The Hall–Kier alpha value is -2.66. The van der Waals surface area contributed by atoms with Crippen molar-refractivity contribution in [2.75, 3.05) is 18.0 Å². The molecule has 0 bridgehead atoms. The van der Waals surface area contributed by atoms with Crippen molar-refractivity contribution in [3.8, 4) is 5.75 Å². The molecule has 3 heterocycles. The highest BCUT2D eigenvalue weighted by Crippen LogP contribution is 2.40. The summed E-state index contributed by atoms with van der Waals surface area (Å²) in [5.74, 6) is 0.628. The van der Waals surface area contributed by atoms with Crippen LogP contribution in [0.2, 0.25) is 0 Å². The predicted octanol–water partition coefficient (Wildman–Crippen LogP) is 1.53. The smallest absolute Gasteiger partial charge is 0.329 e. The fraction of sp³-hybridized carbons (Fsp3) is 0.278. The largest absolute Gasteiger partial charge is 0.496 e. The zero-order valence-electron chi connectivity index (χ0n) is 15.6. The molecule has 0 saturated heterocycles. The number of aromatic nitrogens is 3. The third-order valence-corrected chi connectivity index (χ3v) is 7.62. The van der Waals surface area contributed by atoms with E-state index < -0.39 is 21.3 Å². The highest BCUT2D eigenvalue weighted by molar-refractivity contribution is 9.10. The van der Waals surface area contributed by atoms with Crippen LogP contribution in [0.1, 0.15) is 12.0 Å². The van der Waals surface area contributed by atoms with Crippen LogP contribution in [0.4, 0.5) is 5.69 Å². The average Bonchev–Trinajstić information content (AvgIpc) is 2.71. The van der Waals surface area contributed by atoms with Gasteiger partial charge < -0.3 is 4.74 Å². The fourth-order valence-electron chi connectivity index (χ4n) is 3.47. The van der Waals surface area contributed by atoms with E-state index in [2.05, 4.69) is 25.9 Å². The molecule has 29 heavy (non-hydrogen) atoms. The highest BCUT2D eigenvalue weighted by Gasteiger charge is 2.31. The summed E-state index contributed by atoms with van der Waals surface area (Å²) in [6.45, 7) is 0.301. The zero-order valence-corrected chi connectivity index (χ0v) is 18.0. The van der Waals surface area contributed by atoms with E-state index in [0.29, 0.717) is 30.8 Å². The Labute approximate surface area is 174 Å². The molecule has 4 rings (SSSR count). The number of pyridine rings is 1. The number of fused-ring (bicyclic) bond motifs is 2. The fourth-order valence-corrected chi connectivity index (χ4v) is 5.68. The quantitative estimate of drug-likeness (QED) is 0.607. The Morgan fingerprint density at radius 2 is 2.03 bits per heavy atom. The minimum Gasteiger partial charge on any atom is -0.496 e. The second-order valence-corrected chi connectivity index (χ2v) is 9.28. The Morgan fingerprint density at radius 3 is 2.76 bits per heavy atom. The molecule has 11 heteroatoms. The number of halogens is 1. The summed E-state index contributed by atoms with van der Waals surface area (Å²) < 4.78 is 35.3. The zero-order chi connectivity index (χ0) is 20.9. The summed E-state index contributed by atoms with van der Waals surface area (Å²) in [7, 11) is -0.971. The van der Waals surface area contributed by atoms with Gasteiger partial charge in [-0.2, -0.15) is 0 Å². The van der Waals surface area contributed by atoms with E-state index in [-0.39, 0.29) is 15.9 Å². The van der Waals surface area contributed by atoms with Crippen LogP contribution in [0, 0.1) is 0 Å². The van der Waals surface area contributed by atoms with Gasteiger partial charge in [0.15, 0.2) is 0 Å². The number of nitrogens with zero attached hydrogens (tertiary/aromatic N) is 3. The molecule has 9 nitrogen and oxygen atoms in total. The molecule has 0 spiro atoms. The van der Waals surface area contributed by atoms with Crippen LogP contribution < -0.4 is 20.3 Å². The average molecular weight is 481 g/mol. The van der Waals surface area contributed by atoms with Crippen molar-refractivity contribution in [1.82, 2.24) is 14.5 Å². The molecule has 152 valence electrons. The molecule has 0 amide bonds. The second-order valence-electron chi connectivity index (χ2n) is 6.62. The van der Waals surface area contributed by atoms with Gasteiger partial charge in [-0.15, -0.1) is 0 Å². The van der Waals surface area contributed by atoms with Crippen molar-refractivity contribution in [2.24, 2.45) is 7.05 Å². The number of ether oxygens (including phenoxy) is 1. The Morgan fingerprint density at radius 1 is 1.28 bits per heavy atom. The molecule has 1 aliphatic heterocycles. The van der Waals surface area contributed by atoms with Gasteiger partial charge in [0.25, 0.3) is 15.6 Å². The van der Waals surface area contributed by atoms with Crippen molar-refractivity contribution in [1.29, 1.82) is 0 Å². The van der Waals surface area contributed by atoms with Crippen molar-refractivity contribution >= 4 is 42.7 Å². The Balaban J connectivity index is 1.88. The van der Waals surface area contributed by atoms with Crippen LogP contribution in [-0.4, -0.2) is 36.6 Å². The number of aromatic amines is 1. The lowest BCUT2D eigenvalue weighted by Crippen LogP contribution is -2.36. The maximum Gasteiger partial charge on any atom is 0.329 e. The number of nitrogens with one attached hydrogen (secondary N) is 1. The van der Waals surface area contributed by atoms with Crippen LogP contribution in [0.15, 0.2) is 43.4 Å². The summed E-state index contributed by atoms with van der Waals surface area (Å²) in [6.07, 6.45) is 2.51. The van der Waals surface area contributed by atoms with Gasteiger partial charge in [-0.25, -0.2) is 18.2 Å². The summed E-state index contributed by atoms with van der Waals surface area (Å²) in [6, 6.07) is 4.67. The second kappa shape index (κ2) is 6.99. The lowest BCUT2D eigenvalue weighted by molar-refractivity contribution is 0.411. The van der Waals surface area contributed by atoms with E-state index in [9.17, 15) is 18.0 Å². The molecule has 0 radical (unpaired) electrons. The third kappa shape index (κ3) is 3.04. The van der Waals surface area contributed by atoms with Crippen molar-refractivity contribution < 1.29 is 13.2 Å². The number of methoxy groups -OCH3 is 1. The number of H-pyrrole nitrogens is 1. The van der Waals surface area contributed by atoms with Gasteiger partial charge in [0.2, 0.25) is 0 Å². The normalized spacial score (nSPS) is 14.1. The van der Waals surface area contributed by atoms with E-state index in [4.69, 9.17) is 4.74 Å². The van der Waals surface area contributed by atoms with Gasteiger partial charge in [-0.3, -0.25) is 18.7 Å². The van der Waals surface area contributed by atoms with Crippen LogP contribution >= 0.6 is 15.9 Å². The lowest BCUT2D eigenvalue weighted by atomic mass is 10.0. The minimum atomic E-state index is -3.97. The summed E-state index contributed by atoms with van der Waals surface area (Å²) in [5.41, 5.74) is 0.212. The van der Waals surface area contributed by atoms with Gasteiger partial charge in [-0.1, -0.05) is 0 Å². The number of sulfonamides is 1. The van der Waals surface area contributed by atoms with Crippen molar-refractivity contribution in [3.63, 3.8) is 0 Å². The number of hydrogen-bond donors (Lipinski definition) is 1. The van der Waals surface area contributed by atoms with Gasteiger partial charge in [0, 0.05) is 19.8 Å². The summed E-state index contributed by atoms with van der Waals surface area (Å²) >= 11 is 3.50. The molecule has 0 atom stereocenters. The van der Waals surface area contributed by atoms with Crippen LogP contribution in [0.25, 0.3) is 11.0 Å². The predicted molar refractivity (Wildman–Crippen MR) is 111 cm³/mol. The topological polar surface area (TPSA) is 114 Å². The van der Waals surface area contributed by atoms with E-state index in [0.717, 1.165) is 14.6 Å². The number of anilines is 1. The standard InChI is InChI=1S/C18H17BrN4O5S/c1-22-16-12(17(24)21-18(22)25)8-10(9-20-16)29(26,27)23-7-3-4-11-13(23)5-6-14(28-2)15(11)19/h5-6,8-9H,3-4,7H2,1-2H3,(H,21,24,25). The van der Waals surface area contributed by atoms with Gasteiger partial charge in [0.1, 0.15) is 16.3 Å². The van der Waals surface area contributed by atoms with Gasteiger partial charge >= 0.3 is 5.69 Å². The lowest BCUT2D eigenvalue weighted by Gasteiger charge is -2.31. The van der Waals surface area contributed by atoms with Crippen LogP contribution in [-0.2, 0) is 23.5 Å². The van der Waals surface area contributed by atoms with Gasteiger partial charge in [-0.05, 0) is 52.5 Å². The molecule has 1 aliphatic rings. The molecule has 3 aromatic rings. The molecular formula is C18H17BrN4O5S. The van der Waals surface area contributed by atoms with Crippen LogP contribution in [0.5, 0.6) is 5.75 Å². The van der Waals surface area contributed by atoms with E-state index in [1.165, 1.54) is 23.6 Å². The first-order valence-corrected chi connectivity index (χ1v) is 11.0. The van der Waals surface area contributed by atoms with Crippen LogP contribution in [0.3, 0.4) is 0 Å². The first-order chi connectivity index (χ1) is 13.8. The van der Waals surface area contributed by atoms with E-state index >= 15 is 0 Å². The third-order valence-electron chi connectivity index (χ3n) is 4.98. The molecule has 0 fully saturated rings. The highest BCUT2D eigenvalue weighted by atomic mass is 79.9. The minimum absolute atomic E-state index is 0.0290. The maximum atomic E-state index is 13.4. The summed E-state index contributed by atoms with van der Waals surface area (Å²) in [5, 5.41) is 0.0290.